The molecule has 0 aromatic rings. The van der Waals surface area contributed by atoms with Crippen molar-refractivity contribution in [2.45, 2.75) is 0 Å². The van der Waals surface area contributed by atoms with Gasteiger partial charge >= 0.3 is 5.97 Å². The Morgan fingerprint density at radius 3 is 2.42 bits per heavy atom. The largest absolute Gasteiger partial charge is 0.477 e. The van der Waals surface area contributed by atoms with Gasteiger partial charge < -0.3 is 9.59 Å². The summed E-state index contributed by atoms with van der Waals surface area (Å²) in [5, 5.41) is 8.67. The van der Waals surface area contributed by atoms with Crippen molar-refractivity contribution < 1.29 is 14.4 Å². The SMILES string of the molecule is CN1CC[N+](C)(CC(=O)O)CC1. The molecule has 12 heavy (non-hydrogen) atoms. The minimum Gasteiger partial charge on any atom is -0.477 e. The van der Waals surface area contributed by atoms with Crippen LogP contribution in [0.5, 0.6) is 0 Å². The van der Waals surface area contributed by atoms with Crippen molar-refractivity contribution in [1.29, 1.82) is 0 Å². The molecule has 1 saturated heterocycles. The van der Waals surface area contributed by atoms with Crippen molar-refractivity contribution in [3.8, 4) is 0 Å². The third kappa shape index (κ3) is 2.46. The maximum absolute atomic E-state index is 10.5. The van der Waals surface area contributed by atoms with Crippen molar-refractivity contribution in [2.24, 2.45) is 0 Å². The molecular weight excluding hydrogens is 156 g/mol. The maximum Gasteiger partial charge on any atom is 0.359 e. The van der Waals surface area contributed by atoms with Gasteiger partial charge in [0.1, 0.15) is 0 Å². The molecule has 0 aliphatic carbocycles. The molecule has 1 aliphatic heterocycles. The summed E-state index contributed by atoms with van der Waals surface area (Å²) >= 11 is 0. The lowest BCUT2D eigenvalue weighted by Gasteiger charge is -2.39. The summed E-state index contributed by atoms with van der Waals surface area (Å²) in [7, 11) is 4.09. The number of rotatable bonds is 2. The summed E-state index contributed by atoms with van der Waals surface area (Å²) in [6.07, 6.45) is 0. The standard InChI is InChI=1S/C8H16N2O2/c1-9-3-5-10(2,6-4-9)7-8(11)12/h3-7H2,1-2H3/p+1. The lowest BCUT2D eigenvalue weighted by molar-refractivity contribution is -0.906. The summed E-state index contributed by atoms with van der Waals surface area (Å²) in [4.78, 5) is 12.8. The zero-order chi connectivity index (χ0) is 9.19. The Hall–Kier alpha value is -0.610. The number of hydrogen-bond donors (Lipinski definition) is 1. The van der Waals surface area contributed by atoms with Crippen LogP contribution in [0.4, 0.5) is 0 Å². The molecule has 0 aromatic carbocycles. The number of carboxylic acids is 1. The summed E-state index contributed by atoms with van der Waals surface area (Å²) in [5.41, 5.74) is 0. The van der Waals surface area contributed by atoms with E-state index in [1.807, 2.05) is 7.05 Å². The highest BCUT2D eigenvalue weighted by Crippen LogP contribution is 2.07. The zero-order valence-corrected chi connectivity index (χ0v) is 7.79. The number of quaternary nitrogens is 1. The van der Waals surface area contributed by atoms with Crippen LogP contribution in [0.15, 0.2) is 0 Å². The van der Waals surface area contributed by atoms with Crippen molar-refractivity contribution >= 4 is 5.97 Å². The second-order valence-electron chi connectivity index (χ2n) is 3.92. The molecule has 1 N–H and O–H groups in total. The minimum atomic E-state index is -0.693. The lowest BCUT2D eigenvalue weighted by Crippen LogP contribution is -2.58. The van der Waals surface area contributed by atoms with Gasteiger partial charge in [0.2, 0.25) is 0 Å². The molecule has 1 aliphatic rings. The number of hydrogen-bond acceptors (Lipinski definition) is 2. The molecule has 0 amide bonds. The zero-order valence-electron chi connectivity index (χ0n) is 7.79. The van der Waals surface area contributed by atoms with E-state index in [2.05, 4.69) is 11.9 Å². The van der Waals surface area contributed by atoms with E-state index in [0.717, 1.165) is 26.2 Å². The Balaban J connectivity index is 2.44. The molecular formula is C8H17N2O2+. The topological polar surface area (TPSA) is 40.5 Å². The highest BCUT2D eigenvalue weighted by molar-refractivity contribution is 5.67. The van der Waals surface area contributed by atoms with Gasteiger partial charge in [0.25, 0.3) is 0 Å². The van der Waals surface area contributed by atoms with Crippen molar-refractivity contribution in [3.05, 3.63) is 0 Å². The first kappa shape index (κ1) is 9.48. The van der Waals surface area contributed by atoms with Crippen LogP contribution in [0.3, 0.4) is 0 Å². The summed E-state index contributed by atoms with van der Waals surface area (Å²) in [6, 6.07) is 0. The van der Waals surface area contributed by atoms with E-state index >= 15 is 0 Å². The van der Waals surface area contributed by atoms with Crippen LogP contribution in [0.25, 0.3) is 0 Å². The molecule has 0 saturated carbocycles. The molecule has 0 atom stereocenters. The van der Waals surface area contributed by atoms with Crippen molar-refractivity contribution in [1.82, 2.24) is 4.90 Å². The highest BCUT2D eigenvalue weighted by Gasteiger charge is 2.29. The van der Waals surface area contributed by atoms with Gasteiger partial charge in [-0.2, -0.15) is 0 Å². The number of aliphatic carboxylic acids is 1. The number of carbonyl (C=O) groups is 1. The molecule has 0 radical (unpaired) electrons. The smallest absolute Gasteiger partial charge is 0.359 e. The molecule has 1 fully saturated rings. The third-order valence-electron chi connectivity index (χ3n) is 2.56. The Labute approximate surface area is 73.0 Å². The fourth-order valence-corrected chi connectivity index (χ4v) is 1.53. The Morgan fingerprint density at radius 2 is 2.00 bits per heavy atom. The van der Waals surface area contributed by atoms with Gasteiger partial charge in [0.15, 0.2) is 6.54 Å². The molecule has 0 bridgehead atoms. The molecule has 4 heteroatoms. The van der Waals surface area contributed by atoms with Crippen LogP contribution in [-0.2, 0) is 4.79 Å². The summed E-state index contributed by atoms with van der Waals surface area (Å²) in [5.74, 6) is -0.693. The average Bonchev–Trinajstić information content (AvgIpc) is 1.94. The average molecular weight is 173 g/mol. The van der Waals surface area contributed by atoms with Crippen molar-refractivity contribution in [3.63, 3.8) is 0 Å². The van der Waals surface area contributed by atoms with Gasteiger partial charge in [-0.25, -0.2) is 4.79 Å². The molecule has 1 heterocycles. The fraction of sp³-hybridized carbons (Fsp3) is 0.875. The fourth-order valence-electron chi connectivity index (χ4n) is 1.53. The molecule has 0 spiro atoms. The number of carboxylic acid groups (broad SMARTS) is 1. The molecule has 4 nitrogen and oxygen atoms in total. The van der Waals surface area contributed by atoms with E-state index in [4.69, 9.17) is 5.11 Å². The first-order valence-corrected chi connectivity index (χ1v) is 4.26. The molecule has 0 aromatic heterocycles. The minimum absolute atomic E-state index is 0.258. The van der Waals surface area contributed by atoms with Crippen LogP contribution >= 0.6 is 0 Å². The van der Waals surface area contributed by atoms with Crippen molar-refractivity contribution in [2.75, 3.05) is 46.8 Å². The second kappa shape index (κ2) is 3.41. The van der Waals surface area contributed by atoms with E-state index in [9.17, 15) is 4.79 Å². The van der Waals surface area contributed by atoms with E-state index in [1.54, 1.807) is 0 Å². The van der Waals surface area contributed by atoms with Crippen LogP contribution in [0, 0.1) is 0 Å². The predicted octanol–water partition coefficient (Wildman–Crippen LogP) is -0.537. The Bertz CT molecular complexity index is 174. The van der Waals surface area contributed by atoms with Crippen LogP contribution < -0.4 is 0 Å². The van der Waals surface area contributed by atoms with E-state index in [1.165, 1.54) is 0 Å². The summed E-state index contributed by atoms with van der Waals surface area (Å²) in [6.45, 7) is 4.16. The normalized spacial score (nSPS) is 23.8. The number of piperazine rings is 1. The Morgan fingerprint density at radius 1 is 1.50 bits per heavy atom. The van der Waals surface area contributed by atoms with E-state index in [0.29, 0.717) is 4.48 Å². The van der Waals surface area contributed by atoms with Crippen LogP contribution in [0.2, 0.25) is 0 Å². The van der Waals surface area contributed by atoms with Gasteiger partial charge in [-0.1, -0.05) is 0 Å². The Kier molecular flexibility index (Phi) is 2.69. The predicted molar refractivity (Wildman–Crippen MR) is 45.9 cm³/mol. The van der Waals surface area contributed by atoms with Gasteiger partial charge in [0, 0.05) is 13.1 Å². The number of nitrogens with zero attached hydrogens (tertiary/aromatic N) is 2. The third-order valence-corrected chi connectivity index (χ3v) is 2.56. The van der Waals surface area contributed by atoms with E-state index < -0.39 is 5.97 Å². The maximum atomic E-state index is 10.5. The first-order chi connectivity index (χ1) is 5.52. The molecule has 0 unspecified atom stereocenters. The lowest BCUT2D eigenvalue weighted by atomic mass is 10.3. The van der Waals surface area contributed by atoms with Crippen LogP contribution in [-0.4, -0.2) is 67.3 Å². The summed E-state index contributed by atoms with van der Waals surface area (Å²) < 4.78 is 0.680. The first-order valence-electron chi connectivity index (χ1n) is 4.26. The molecule has 1 rings (SSSR count). The van der Waals surface area contributed by atoms with Crippen LogP contribution in [0.1, 0.15) is 0 Å². The monoisotopic (exact) mass is 173 g/mol. The second-order valence-corrected chi connectivity index (χ2v) is 3.92. The molecule has 70 valence electrons. The van der Waals surface area contributed by atoms with E-state index in [-0.39, 0.29) is 6.54 Å². The van der Waals surface area contributed by atoms with Gasteiger partial charge in [0.05, 0.1) is 20.1 Å². The highest BCUT2D eigenvalue weighted by atomic mass is 16.4. The van der Waals surface area contributed by atoms with Gasteiger partial charge in [-0.15, -0.1) is 0 Å². The quantitative estimate of drug-likeness (QED) is 0.570. The van der Waals surface area contributed by atoms with Gasteiger partial charge in [-0.05, 0) is 7.05 Å². The van der Waals surface area contributed by atoms with Gasteiger partial charge in [-0.3, -0.25) is 4.90 Å². The number of likely N-dealkylation sites (N-methyl/N-ethyl adjacent to an activating group) is 2.